The van der Waals surface area contributed by atoms with Crippen molar-refractivity contribution in [3.05, 3.63) is 47.5 Å². The molecule has 0 atom stereocenters. The second-order valence-electron chi connectivity index (χ2n) is 5.28. The molecule has 0 saturated heterocycles. The van der Waals surface area contributed by atoms with Crippen molar-refractivity contribution in [2.45, 2.75) is 12.4 Å². The van der Waals surface area contributed by atoms with Crippen molar-refractivity contribution in [3.8, 4) is 4.98 Å². The van der Waals surface area contributed by atoms with Crippen LogP contribution in [0.2, 0.25) is 0 Å². The third-order valence-corrected chi connectivity index (χ3v) is 3.24. The predicted molar refractivity (Wildman–Crippen MR) is 100 cm³/mol. The molecule has 1 aromatic heterocycles. The molecule has 3 aromatic rings. The molecule has 0 fully saturated rings. The number of aromatic amines is 1. The molecule has 0 saturated carbocycles. The van der Waals surface area contributed by atoms with Crippen LogP contribution >= 0.6 is 15.9 Å². The number of rotatable bonds is 0. The summed E-state index contributed by atoms with van der Waals surface area (Å²) in [5, 5.41) is 7.24. The van der Waals surface area contributed by atoms with E-state index in [-0.39, 0.29) is 22.8 Å². The third-order valence-electron chi connectivity index (χ3n) is 3.24. The lowest BCUT2D eigenvalue weighted by Gasteiger charge is -2.07. The lowest BCUT2D eigenvalue weighted by Crippen LogP contribution is -2.06. The zero-order valence-corrected chi connectivity index (χ0v) is 15.8. The first kappa shape index (κ1) is 23.9. The number of nitriles is 1. The van der Waals surface area contributed by atoms with Gasteiger partial charge in [0.1, 0.15) is 4.98 Å². The number of nitrogen functional groups attached to an aromatic ring is 3. The quantitative estimate of drug-likeness (QED) is 0.267. The molecule has 0 aliphatic carbocycles. The number of alkyl halides is 6. The van der Waals surface area contributed by atoms with Crippen molar-refractivity contribution in [3.63, 3.8) is 0 Å². The van der Waals surface area contributed by atoms with Crippen LogP contribution < -0.4 is 17.2 Å². The molecule has 2 aromatic carbocycles. The average Bonchev–Trinajstić information content (AvgIpc) is 2.96. The summed E-state index contributed by atoms with van der Waals surface area (Å²) < 4.78 is 72.8. The van der Waals surface area contributed by atoms with Gasteiger partial charge < -0.3 is 22.2 Å². The molecule has 6 nitrogen and oxygen atoms in total. The molecular formula is C16H13BrF6N6. The second kappa shape index (κ2) is 9.37. The minimum absolute atomic E-state index is 0.0511. The molecule has 0 amide bonds. The fourth-order valence-corrected chi connectivity index (χ4v) is 1.96. The number of imidazole rings is 1. The van der Waals surface area contributed by atoms with Crippen molar-refractivity contribution in [2.75, 3.05) is 17.2 Å². The Kier molecular flexibility index (Phi) is 7.72. The largest absolute Gasteiger partial charge is 0.416 e. The van der Waals surface area contributed by atoms with Crippen molar-refractivity contribution >= 4 is 44.3 Å². The summed E-state index contributed by atoms with van der Waals surface area (Å²) in [6.07, 6.45) is -8.70. The van der Waals surface area contributed by atoms with E-state index in [4.69, 9.17) is 22.5 Å². The summed E-state index contributed by atoms with van der Waals surface area (Å²) in [6.45, 7) is 0. The van der Waals surface area contributed by atoms with E-state index in [1.54, 1.807) is 4.98 Å². The fraction of sp³-hybridized carbons (Fsp3) is 0.125. The van der Waals surface area contributed by atoms with E-state index in [1.165, 1.54) is 6.07 Å². The number of aromatic nitrogens is 2. The number of hydrogen-bond donors (Lipinski definition) is 4. The van der Waals surface area contributed by atoms with Crippen LogP contribution in [-0.2, 0) is 12.4 Å². The maximum absolute atomic E-state index is 12.3. The van der Waals surface area contributed by atoms with Crippen LogP contribution in [0.1, 0.15) is 11.1 Å². The highest BCUT2D eigenvalue weighted by molar-refractivity contribution is 9.12. The van der Waals surface area contributed by atoms with Gasteiger partial charge in [0.25, 0.3) is 0 Å². The van der Waals surface area contributed by atoms with Gasteiger partial charge in [-0.2, -0.15) is 31.6 Å². The molecule has 29 heavy (non-hydrogen) atoms. The van der Waals surface area contributed by atoms with Crippen LogP contribution in [0.4, 0.5) is 43.7 Å². The van der Waals surface area contributed by atoms with Gasteiger partial charge in [-0.25, -0.2) is 4.98 Å². The first-order valence-electron chi connectivity index (χ1n) is 7.34. The first-order chi connectivity index (χ1) is 13.3. The number of benzene rings is 2. The molecule has 0 aliphatic heterocycles. The van der Waals surface area contributed by atoms with Gasteiger partial charge in [0.05, 0.1) is 33.5 Å². The van der Waals surface area contributed by atoms with Crippen LogP contribution in [0.25, 0.3) is 11.0 Å². The van der Waals surface area contributed by atoms with Crippen LogP contribution in [0.5, 0.6) is 0 Å². The number of halogens is 7. The number of hydrogen-bond acceptors (Lipinski definition) is 5. The molecule has 7 N–H and O–H groups in total. The fourth-order valence-electron chi connectivity index (χ4n) is 1.96. The zero-order valence-electron chi connectivity index (χ0n) is 14.2. The summed E-state index contributed by atoms with van der Waals surface area (Å²) in [5.74, 6) is 0.110. The SMILES string of the molecule is N#CBr.Nc1ccc(C(F)(F)F)cc1N.Nc1nc2ccc(C(F)(F)F)cc2[nH]1. The van der Waals surface area contributed by atoms with Crippen LogP contribution in [-0.4, -0.2) is 9.97 Å². The highest BCUT2D eigenvalue weighted by Gasteiger charge is 2.31. The van der Waals surface area contributed by atoms with Gasteiger partial charge in [0.15, 0.2) is 5.95 Å². The molecule has 3 rings (SSSR count). The van der Waals surface area contributed by atoms with E-state index in [9.17, 15) is 26.3 Å². The van der Waals surface area contributed by atoms with Gasteiger partial charge in [0, 0.05) is 15.9 Å². The second-order valence-corrected chi connectivity index (χ2v) is 5.63. The van der Waals surface area contributed by atoms with Gasteiger partial charge in [-0.3, -0.25) is 0 Å². The van der Waals surface area contributed by atoms with Crippen LogP contribution in [0.15, 0.2) is 36.4 Å². The van der Waals surface area contributed by atoms with E-state index in [2.05, 4.69) is 25.9 Å². The Morgan fingerprint density at radius 2 is 1.34 bits per heavy atom. The monoisotopic (exact) mass is 482 g/mol. The molecule has 0 spiro atoms. The number of anilines is 3. The van der Waals surface area contributed by atoms with Crippen molar-refractivity contribution in [1.82, 2.24) is 9.97 Å². The van der Waals surface area contributed by atoms with E-state index in [0.29, 0.717) is 5.52 Å². The number of nitrogens with two attached hydrogens (primary N) is 3. The topological polar surface area (TPSA) is 131 Å². The van der Waals surface area contributed by atoms with E-state index >= 15 is 0 Å². The van der Waals surface area contributed by atoms with Crippen LogP contribution in [0, 0.1) is 10.2 Å². The molecule has 13 heteroatoms. The molecule has 156 valence electrons. The van der Waals surface area contributed by atoms with Crippen molar-refractivity contribution in [1.29, 1.82) is 5.26 Å². The maximum atomic E-state index is 12.3. The van der Waals surface area contributed by atoms with Gasteiger partial charge >= 0.3 is 12.4 Å². The van der Waals surface area contributed by atoms with Gasteiger partial charge in [0.2, 0.25) is 0 Å². The molecule has 0 bridgehead atoms. The summed E-state index contributed by atoms with van der Waals surface area (Å²) in [7, 11) is 0. The summed E-state index contributed by atoms with van der Waals surface area (Å²) in [4.78, 5) is 7.89. The summed E-state index contributed by atoms with van der Waals surface area (Å²) in [5.41, 5.74) is 15.1. The van der Waals surface area contributed by atoms with E-state index < -0.39 is 23.5 Å². The molecule has 0 radical (unpaired) electrons. The van der Waals surface area contributed by atoms with E-state index in [1.807, 2.05) is 0 Å². The van der Waals surface area contributed by atoms with Crippen molar-refractivity contribution < 1.29 is 26.3 Å². The lowest BCUT2D eigenvalue weighted by atomic mass is 10.2. The maximum Gasteiger partial charge on any atom is 0.416 e. The van der Waals surface area contributed by atoms with Crippen molar-refractivity contribution in [2.24, 2.45) is 0 Å². The third kappa shape index (κ3) is 7.07. The Morgan fingerprint density at radius 1 is 0.862 bits per heavy atom. The Balaban J connectivity index is 0.000000259. The number of nitrogens with zero attached hydrogens (tertiary/aromatic N) is 2. The summed E-state index contributed by atoms with van der Waals surface area (Å²) >= 11 is 2.45. The Bertz CT molecular complexity index is 1010. The average molecular weight is 483 g/mol. The first-order valence-corrected chi connectivity index (χ1v) is 8.13. The molecule has 1 heterocycles. The standard InChI is InChI=1S/C8H6F3N3.C7H7F3N2.CBrN/c9-8(10,11)4-1-2-5-6(3-4)14-7(12)13-5;8-7(9,10)4-1-2-5(11)6(12)3-4;2-1-3/h1-3H,(H3,12,13,14);1-3H,11-12H2;. The molecule has 0 aliphatic rings. The minimum Gasteiger partial charge on any atom is -0.397 e. The van der Waals surface area contributed by atoms with Gasteiger partial charge in [-0.1, -0.05) is 0 Å². The van der Waals surface area contributed by atoms with Gasteiger partial charge in [-0.05, 0) is 36.4 Å². The zero-order chi connectivity index (χ0) is 22.4. The minimum atomic E-state index is -4.36. The molecular weight excluding hydrogens is 470 g/mol. The predicted octanol–water partition coefficient (Wildman–Crippen LogP) is 4.90. The Labute approximate surface area is 168 Å². The Hall–Kier alpha value is -3.14. The van der Waals surface area contributed by atoms with Crippen LogP contribution in [0.3, 0.4) is 0 Å². The Morgan fingerprint density at radius 3 is 1.83 bits per heavy atom. The van der Waals surface area contributed by atoms with E-state index in [0.717, 1.165) is 30.3 Å². The lowest BCUT2D eigenvalue weighted by molar-refractivity contribution is -0.138. The normalized spacial score (nSPS) is 11.0. The smallest absolute Gasteiger partial charge is 0.397 e. The highest BCUT2D eigenvalue weighted by Crippen LogP contribution is 2.32. The molecule has 0 unspecified atom stereocenters. The number of fused-ring (bicyclic) bond motifs is 1. The summed E-state index contributed by atoms with van der Waals surface area (Å²) in [6, 6.07) is 6.09. The highest BCUT2D eigenvalue weighted by atomic mass is 79.9. The number of H-pyrrole nitrogens is 1. The number of nitrogens with one attached hydrogen (secondary N) is 1. The van der Waals surface area contributed by atoms with Gasteiger partial charge in [-0.15, -0.1) is 0 Å².